The van der Waals surface area contributed by atoms with Crippen LogP contribution in [-0.2, 0) is 4.79 Å². The van der Waals surface area contributed by atoms with E-state index in [1.165, 1.54) is 0 Å². The molecule has 1 saturated heterocycles. The molecule has 21 heavy (non-hydrogen) atoms. The van der Waals surface area contributed by atoms with Gasteiger partial charge >= 0.3 is 0 Å². The molecule has 0 aliphatic carbocycles. The normalized spacial score (nSPS) is 24.1. The number of carbonyl (C=O) groups is 1. The maximum atomic E-state index is 12.7. The van der Waals surface area contributed by atoms with Crippen LogP contribution >= 0.6 is 0 Å². The molecule has 0 aromatic carbocycles. The van der Waals surface area contributed by atoms with Crippen LogP contribution in [0.4, 0.5) is 0 Å². The van der Waals surface area contributed by atoms with E-state index in [-0.39, 0.29) is 18.2 Å². The van der Waals surface area contributed by atoms with Crippen LogP contribution in [0, 0.1) is 0 Å². The van der Waals surface area contributed by atoms with Crippen LogP contribution in [0.1, 0.15) is 66.7 Å². The second-order valence-corrected chi connectivity index (χ2v) is 6.25. The van der Waals surface area contributed by atoms with Gasteiger partial charge in [-0.1, -0.05) is 47.0 Å². The quantitative estimate of drug-likeness (QED) is 0.673. The molecule has 3 atom stereocenters. The van der Waals surface area contributed by atoms with Gasteiger partial charge in [-0.15, -0.1) is 0 Å². The van der Waals surface area contributed by atoms with E-state index in [4.69, 9.17) is 0 Å². The van der Waals surface area contributed by atoms with Gasteiger partial charge in [0.25, 0.3) is 0 Å². The van der Waals surface area contributed by atoms with Crippen LogP contribution in [0.2, 0.25) is 0 Å². The summed E-state index contributed by atoms with van der Waals surface area (Å²) in [5.41, 5.74) is 0. The average molecular weight is 297 g/mol. The van der Waals surface area contributed by atoms with Crippen molar-refractivity contribution in [2.75, 3.05) is 19.6 Å². The van der Waals surface area contributed by atoms with Crippen molar-refractivity contribution in [2.45, 2.75) is 85.0 Å². The van der Waals surface area contributed by atoms with E-state index in [1.807, 2.05) is 0 Å². The maximum absolute atomic E-state index is 12.7. The molecule has 1 rings (SSSR count). The monoisotopic (exact) mass is 297 g/mol. The van der Waals surface area contributed by atoms with Crippen LogP contribution in [0.3, 0.4) is 0 Å². The van der Waals surface area contributed by atoms with Gasteiger partial charge in [0.05, 0.1) is 12.2 Å². The fourth-order valence-electron chi connectivity index (χ4n) is 3.30. The number of hydrogen-bond donors (Lipinski definition) is 1. The number of unbranched alkanes of at least 4 members (excludes halogenated alkanes) is 1. The number of rotatable bonds is 10. The third-order valence-electron chi connectivity index (χ3n) is 4.58. The van der Waals surface area contributed by atoms with Crippen molar-refractivity contribution >= 4 is 5.91 Å². The summed E-state index contributed by atoms with van der Waals surface area (Å²) in [4.78, 5) is 17.3. The number of carbonyl (C=O) groups excluding carboxylic acids is 1. The molecule has 0 saturated carbocycles. The Balaban J connectivity index is 2.72. The van der Waals surface area contributed by atoms with Gasteiger partial charge in [-0.3, -0.25) is 10.1 Å². The lowest BCUT2D eigenvalue weighted by Gasteiger charge is -2.33. The summed E-state index contributed by atoms with van der Waals surface area (Å²) in [6, 6.07) is 0.328. The van der Waals surface area contributed by atoms with Gasteiger partial charge in [-0.2, -0.15) is 0 Å². The molecule has 124 valence electrons. The van der Waals surface area contributed by atoms with Gasteiger partial charge < -0.3 is 9.80 Å². The molecule has 1 aliphatic heterocycles. The summed E-state index contributed by atoms with van der Waals surface area (Å²) in [5.74, 6) is 0.321. The van der Waals surface area contributed by atoms with E-state index >= 15 is 0 Å². The standard InChI is InChI=1S/C17H35N3O/c1-6-10-12-15-17(21)20(16(18-15)11-7-2)14(5)13-19(8-3)9-4/h14-16,18H,6-13H2,1-5H3. The summed E-state index contributed by atoms with van der Waals surface area (Å²) >= 11 is 0. The largest absolute Gasteiger partial charge is 0.322 e. The van der Waals surface area contributed by atoms with Crippen LogP contribution in [-0.4, -0.2) is 53.6 Å². The molecule has 0 aromatic heterocycles. The lowest BCUT2D eigenvalue weighted by atomic mass is 10.1. The smallest absolute Gasteiger partial charge is 0.241 e. The zero-order valence-corrected chi connectivity index (χ0v) is 14.7. The van der Waals surface area contributed by atoms with E-state index in [0.29, 0.717) is 5.91 Å². The first kappa shape index (κ1) is 18.4. The Bertz CT molecular complexity index is 304. The Morgan fingerprint density at radius 1 is 1.14 bits per heavy atom. The highest BCUT2D eigenvalue weighted by atomic mass is 16.2. The zero-order chi connectivity index (χ0) is 15.8. The van der Waals surface area contributed by atoms with Gasteiger partial charge in [0.2, 0.25) is 5.91 Å². The predicted molar refractivity (Wildman–Crippen MR) is 89.2 cm³/mol. The van der Waals surface area contributed by atoms with Gasteiger partial charge in [0.15, 0.2) is 0 Å². The predicted octanol–water partition coefficient (Wildman–Crippen LogP) is 2.83. The molecule has 1 fully saturated rings. The number of nitrogens with zero attached hydrogens (tertiary/aromatic N) is 2. The van der Waals surface area contributed by atoms with Crippen LogP contribution in [0.25, 0.3) is 0 Å². The molecule has 0 aromatic rings. The Labute approximate surface area is 131 Å². The molecular formula is C17H35N3O. The Hall–Kier alpha value is -0.610. The molecule has 0 radical (unpaired) electrons. The lowest BCUT2D eigenvalue weighted by Crippen LogP contribution is -2.48. The fraction of sp³-hybridized carbons (Fsp3) is 0.941. The molecule has 1 heterocycles. The minimum atomic E-state index is 0.0423. The second kappa shape index (κ2) is 9.42. The molecule has 4 nitrogen and oxygen atoms in total. The van der Waals surface area contributed by atoms with Crippen LogP contribution in [0.15, 0.2) is 0 Å². The van der Waals surface area contributed by atoms with Crippen molar-refractivity contribution in [3.8, 4) is 0 Å². The van der Waals surface area contributed by atoms with Crippen molar-refractivity contribution in [2.24, 2.45) is 0 Å². The van der Waals surface area contributed by atoms with E-state index < -0.39 is 0 Å². The van der Waals surface area contributed by atoms with E-state index in [1.54, 1.807) is 0 Å². The minimum absolute atomic E-state index is 0.0423. The lowest BCUT2D eigenvalue weighted by molar-refractivity contribution is -0.132. The van der Waals surface area contributed by atoms with Crippen LogP contribution < -0.4 is 5.32 Å². The molecule has 3 unspecified atom stereocenters. The molecule has 0 spiro atoms. The Morgan fingerprint density at radius 2 is 1.81 bits per heavy atom. The fourth-order valence-corrected chi connectivity index (χ4v) is 3.30. The molecule has 1 amide bonds. The average Bonchev–Trinajstić information content (AvgIpc) is 2.78. The highest BCUT2D eigenvalue weighted by molar-refractivity contribution is 5.84. The van der Waals surface area contributed by atoms with E-state index in [2.05, 4.69) is 49.7 Å². The third-order valence-corrected chi connectivity index (χ3v) is 4.58. The Kier molecular flexibility index (Phi) is 8.27. The number of hydrogen-bond acceptors (Lipinski definition) is 3. The highest BCUT2D eigenvalue weighted by Crippen LogP contribution is 2.21. The molecule has 4 heteroatoms. The van der Waals surface area contributed by atoms with E-state index in [0.717, 1.165) is 51.7 Å². The Morgan fingerprint density at radius 3 is 2.33 bits per heavy atom. The van der Waals surface area contributed by atoms with Gasteiger partial charge in [0, 0.05) is 12.6 Å². The summed E-state index contributed by atoms with van der Waals surface area (Å²) < 4.78 is 0. The van der Waals surface area contributed by atoms with Crippen LogP contribution in [0.5, 0.6) is 0 Å². The summed E-state index contributed by atoms with van der Waals surface area (Å²) in [7, 11) is 0. The number of amides is 1. The van der Waals surface area contributed by atoms with Gasteiger partial charge in [0.1, 0.15) is 0 Å². The van der Waals surface area contributed by atoms with E-state index in [9.17, 15) is 4.79 Å². The first-order valence-electron chi connectivity index (χ1n) is 8.89. The highest BCUT2D eigenvalue weighted by Gasteiger charge is 2.40. The number of nitrogens with one attached hydrogen (secondary N) is 1. The third kappa shape index (κ3) is 4.96. The maximum Gasteiger partial charge on any atom is 0.241 e. The van der Waals surface area contributed by atoms with Gasteiger partial charge in [-0.25, -0.2) is 0 Å². The summed E-state index contributed by atoms with van der Waals surface area (Å²) in [6.45, 7) is 14.0. The van der Waals surface area contributed by atoms with Gasteiger partial charge in [-0.05, 0) is 32.9 Å². The van der Waals surface area contributed by atoms with Crippen molar-refractivity contribution in [1.82, 2.24) is 15.1 Å². The van der Waals surface area contributed by atoms with Crippen molar-refractivity contribution < 1.29 is 4.79 Å². The SMILES string of the molecule is CCCCC1NC(CCC)N(C(C)CN(CC)CC)C1=O. The van der Waals surface area contributed by atoms with Crippen molar-refractivity contribution in [3.05, 3.63) is 0 Å². The molecule has 1 aliphatic rings. The first-order valence-corrected chi connectivity index (χ1v) is 8.89. The van der Waals surface area contributed by atoms with Crippen molar-refractivity contribution in [3.63, 3.8) is 0 Å². The summed E-state index contributed by atoms with van der Waals surface area (Å²) in [6.07, 6.45) is 5.65. The zero-order valence-electron chi connectivity index (χ0n) is 14.7. The molecular weight excluding hydrogens is 262 g/mol. The summed E-state index contributed by atoms with van der Waals surface area (Å²) in [5, 5.41) is 3.57. The number of likely N-dealkylation sites (N-methyl/N-ethyl adjacent to an activating group) is 1. The first-order chi connectivity index (χ1) is 10.1. The molecule has 1 N–H and O–H groups in total. The second-order valence-electron chi connectivity index (χ2n) is 6.25. The van der Waals surface area contributed by atoms with Crippen molar-refractivity contribution in [1.29, 1.82) is 0 Å². The molecule has 0 bridgehead atoms. The minimum Gasteiger partial charge on any atom is -0.322 e. The topological polar surface area (TPSA) is 35.6 Å².